The van der Waals surface area contributed by atoms with Crippen molar-refractivity contribution in [3.05, 3.63) is 71.8 Å². The fraction of sp³-hybridized carbons (Fsp3) is 0.308. The van der Waals surface area contributed by atoms with Gasteiger partial charge in [0.15, 0.2) is 0 Å². The SMILES string of the molecule is CC(C)(C)c1ccccc1-c1cccc2c3c(C(C)(C)C)cccc3p(I)c12. The summed E-state index contributed by atoms with van der Waals surface area (Å²) in [5.74, 6) is 0. The fourth-order valence-corrected chi connectivity index (χ4v) is 8.74. The third-order valence-corrected chi connectivity index (χ3v) is 10.3. The predicted octanol–water partition coefficient (Wildman–Crippen LogP) is 9.44. The molecule has 0 saturated carbocycles. The number of fused-ring (bicyclic) bond motifs is 3. The van der Waals surface area contributed by atoms with E-state index < -0.39 is 0 Å². The Balaban J connectivity index is 2.16. The molecule has 0 bridgehead atoms. The summed E-state index contributed by atoms with van der Waals surface area (Å²) in [6, 6.07) is 22.8. The largest absolute Gasteiger partial charge is 0.0619 e. The van der Waals surface area contributed by atoms with Crippen molar-refractivity contribution in [2.24, 2.45) is 0 Å². The molecule has 0 N–H and O–H groups in total. The van der Waals surface area contributed by atoms with Crippen LogP contribution in [0.3, 0.4) is 0 Å². The minimum atomic E-state index is -0.383. The Morgan fingerprint density at radius 3 is 1.89 bits per heavy atom. The summed E-state index contributed by atoms with van der Waals surface area (Å²) in [6.07, 6.45) is 0. The molecule has 1 unspecified atom stereocenters. The van der Waals surface area contributed by atoms with Crippen LogP contribution in [0.1, 0.15) is 52.7 Å². The van der Waals surface area contributed by atoms with Gasteiger partial charge >= 0.3 is 0 Å². The van der Waals surface area contributed by atoms with Crippen LogP contribution in [-0.2, 0) is 10.8 Å². The van der Waals surface area contributed by atoms with Gasteiger partial charge in [-0.15, -0.1) is 0 Å². The van der Waals surface area contributed by atoms with Gasteiger partial charge in [-0.3, -0.25) is 0 Å². The summed E-state index contributed by atoms with van der Waals surface area (Å²) in [5.41, 5.74) is 5.96. The molecule has 0 nitrogen and oxygen atoms in total. The van der Waals surface area contributed by atoms with Crippen molar-refractivity contribution in [2.75, 3.05) is 0 Å². The van der Waals surface area contributed by atoms with Gasteiger partial charge in [-0.2, -0.15) is 0 Å². The monoisotopic (exact) mass is 498 g/mol. The van der Waals surface area contributed by atoms with E-state index >= 15 is 0 Å². The molecule has 28 heavy (non-hydrogen) atoms. The van der Waals surface area contributed by atoms with Crippen molar-refractivity contribution < 1.29 is 0 Å². The van der Waals surface area contributed by atoms with Crippen LogP contribution in [0.2, 0.25) is 0 Å². The van der Waals surface area contributed by atoms with Crippen LogP contribution in [0, 0.1) is 0 Å². The van der Waals surface area contributed by atoms with E-state index in [2.05, 4.69) is 124 Å². The summed E-state index contributed by atoms with van der Waals surface area (Å²) >= 11 is 2.71. The molecule has 0 spiro atoms. The third-order valence-electron chi connectivity index (χ3n) is 5.59. The zero-order chi connectivity index (χ0) is 20.3. The molecule has 0 fully saturated rings. The van der Waals surface area contributed by atoms with Crippen LogP contribution in [0.4, 0.5) is 0 Å². The maximum absolute atomic E-state index is 2.71. The maximum Gasteiger partial charge on any atom is 0.0198 e. The zero-order valence-corrected chi connectivity index (χ0v) is 20.7. The lowest BCUT2D eigenvalue weighted by Crippen LogP contribution is -2.12. The summed E-state index contributed by atoms with van der Waals surface area (Å²) in [5, 5.41) is 5.62. The van der Waals surface area contributed by atoms with Gasteiger partial charge in [0, 0.05) is 10.2 Å². The molecular formula is C26H28IP. The van der Waals surface area contributed by atoms with Crippen LogP contribution < -0.4 is 0 Å². The molecule has 4 aromatic rings. The molecule has 1 aromatic heterocycles. The molecule has 3 aromatic carbocycles. The van der Waals surface area contributed by atoms with Crippen LogP contribution in [0.25, 0.3) is 32.1 Å². The molecule has 0 aliphatic heterocycles. The number of hydrogen-bond acceptors (Lipinski definition) is 0. The Morgan fingerprint density at radius 2 is 1.21 bits per heavy atom. The highest BCUT2D eigenvalue weighted by molar-refractivity contribution is 14.2. The summed E-state index contributed by atoms with van der Waals surface area (Å²) in [6.45, 7) is 13.9. The maximum atomic E-state index is 2.71. The second-order valence-corrected chi connectivity index (χ2v) is 14.1. The van der Waals surface area contributed by atoms with Crippen molar-refractivity contribution in [1.82, 2.24) is 0 Å². The average molecular weight is 498 g/mol. The standard InChI is InChI=1S/C26H28IP/c1-25(2,3)20-14-8-7-11-17(20)18-12-9-13-19-23-21(26(4,5)6)15-10-16-22(23)28(27)24(18)19/h7-16H,1-6H3. The quantitative estimate of drug-likeness (QED) is 0.229. The second kappa shape index (κ2) is 6.89. The van der Waals surface area contributed by atoms with Gasteiger partial charge in [-0.05, 0) is 77.1 Å². The Kier molecular flexibility index (Phi) is 4.91. The van der Waals surface area contributed by atoms with E-state index in [0.717, 1.165) is 0 Å². The predicted molar refractivity (Wildman–Crippen MR) is 136 cm³/mol. The van der Waals surface area contributed by atoms with Crippen molar-refractivity contribution >= 4 is 48.2 Å². The van der Waals surface area contributed by atoms with Crippen molar-refractivity contribution in [2.45, 2.75) is 52.4 Å². The van der Waals surface area contributed by atoms with Crippen molar-refractivity contribution in [3.63, 3.8) is 0 Å². The topological polar surface area (TPSA) is 0 Å². The highest BCUT2D eigenvalue weighted by Gasteiger charge is 2.24. The van der Waals surface area contributed by atoms with Gasteiger partial charge in [-0.1, -0.05) is 96.1 Å². The molecule has 0 radical (unpaired) electrons. The molecule has 1 heterocycles. The van der Waals surface area contributed by atoms with Crippen LogP contribution in [-0.4, -0.2) is 0 Å². The van der Waals surface area contributed by atoms with Crippen LogP contribution >= 0.6 is 27.2 Å². The van der Waals surface area contributed by atoms with Crippen LogP contribution in [0.5, 0.6) is 0 Å². The van der Waals surface area contributed by atoms with E-state index in [1.54, 1.807) is 5.12 Å². The van der Waals surface area contributed by atoms with E-state index in [1.807, 2.05) is 0 Å². The Morgan fingerprint density at radius 1 is 0.643 bits per heavy atom. The number of benzene rings is 3. The van der Waals surface area contributed by atoms with E-state index in [4.69, 9.17) is 0 Å². The summed E-state index contributed by atoms with van der Waals surface area (Å²) in [7, 11) is 0. The lowest BCUT2D eigenvalue weighted by atomic mass is 9.81. The van der Waals surface area contributed by atoms with Gasteiger partial charge in [0.1, 0.15) is 0 Å². The number of rotatable bonds is 1. The third kappa shape index (κ3) is 3.21. The first kappa shape index (κ1) is 20.0. The number of halogens is 1. The van der Waals surface area contributed by atoms with Gasteiger partial charge in [0.05, 0.1) is 0 Å². The van der Waals surface area contributed by atoms with E-state index in [1.165, 1.54) is 38.1 Å². The van der Waals surface area contributed by atoms with E-state index in [-0.39, 0.29) is 16.0 Å². The first-order chi connectivity index (χ1) is 13.1. The van der Waals surface area contributed by atoms with Crippen molar-refractivity contribution in [3.8, 4) is 11.1 Å². The fourth-order valence-electron chi connectivity index (χ4n) is 4.28. The Hall–Kier alpha value is -1.31. The lowest BCUT2D eigenvalue weighted by Gasteiger charge is -2.23. The Bertz CT molecular complexity index is 1180. The van der Waals surface area contributed by atoms with Crippen molar-refractivity contribution in [1.29, 1.82) is 0 Å². The zero-order valence-electron chi connectivity index (χ0n) is 17.6. The minimum absolute atomic E-state index is 0.120. The molecule has 144 valence electrons. The van der Waals surface area contributed by atoms with Gasteiger partial charge < -0.3 is 0 Å². The molecule has 1 atom stereocenters. The van der Waals surface area contributed by atoms with E-state index in [0.29, 0.717) is 0 Å². The normalized spacial score (nSPS) is 13.5. The molecule has 0 aliphatic carbocycles. The lowest BCUT2D eigenvalue weighted by molar-refractivity contribution is 0.592. The first-order valence-electron chi connectivity index (χ1n) is 9.93. The smallest absolute Gasteiger partial charge is 0.0198 e. The minimum Gasteiger partial charge on any atom is -0.0619 e. The molecule has 0 amide bonds. The highest BCUT2D eigenvalue weighted by atomic mass is 127. The molecule has 0 saturated heterocycles. The second-order valence-electron chi connectivity index (χ2n) is 9.73. The van der Waals surface area contributed by atoms with Gasteiger partial charge in [0.25, 0.3) is 0 Å². The molecule has 0 aliphatic rings. The molecular weight excluding hydrogens is 470 g/mol. The molecule has 4 rings (SSSR count). The molecule has 2 heteroatoms. The average Bonchev–Trinajstić information content (AvgIpc) is 2.93. The van der Waals surface area contributed by atoms with Crippen LogP contribution in [0.15, 0.2) is 60.7 Å². The highest BCUT2D eigenvalue weighted by Crippen LogP contribution is 2.58. The van der Waals surface area contributed by atoms with Gasteiger partial charge in [-0.25, -0.2) is 0 Å². The van der Waals surface area contributed by atoms with Gasteiger partial charge in [0.2, 0.25) is 0 Å². The summed E-state index contributed by atoms with van der Waals surface area (Å²) < 4.78 is 0. The first-order valence-corrected chi connectivity index (χ1v) is 14.1. The Labute approximate surface area is 182 Å². The number of hydrogen-bond donors (Lipinski definition) is 0. The van der Waals surface area contributed by atoms with E-state index in [9.17, 15) is 0 Å². The summed E-state index contributed by atoms with van der Waals surface area (Å²) in [4.78, 5) is 0.